The molecule has 0 atom stereocenters. The van der Waals surface area contributed by atoms with Gasteiger partial charge in [0.05, 0.1) is 0 Å². The maximum Gasteiger partial charge on any atom is 0.530 e. The van der Waals surface area contributed by atoms with Gasteiger partial charge in [0.2, 0.25) is 0 Å². The van der Waals surface area contributed by atoms with Crippen molar-refractivity contribution in [2.24, 2.45) is 0 Å². The van der Waals surface area contributed by atoms with Crippen LogP contribution in [0, 0.1) is 0 Å². The first-order chi connectivity index (χ1) is 20.6. The lowest BCUT2D eigenvalue weighted by atomic mass is 9.75. The van der Waals surface area contributed by atoms with Gasteiger partial charge >= 0.3 is 8.60 Å². The highest BCUT2D eigenvalue weighted by Gasteiger charge is 2.31. The summed E-state index contributed by atoms with van der Waals surface area (Å²) in [5.74, 6) is 2.23. The Balaban J connectivity index is 2.16. The number of rotatable bonds is 6. The van der Waals surface area contributed by atoms with Crippen LogP contribution in [0.1, 0.15) is 158 Å². The Labute approximate surface area is 283 Å². The van der Waals surface area contributed by atoms with Crippen LogP contribution in [-0.4, -0.2) is 0 Å². The van der Waals surface area contributed by atoms with Crippen LogP contribution in [-0.2, 0) is 32.5 Å². The molecule has 3 aromatic rings. The fourth-order valence-electron chi connectivity index (χ4n) is 5.88. The van der Waals surface area contributed by atoms with Crippen molar-refractivity contribution in [3.05, 3.63) is 88.0 Å². The normalized spacial score (nSPS) is 13.6. The van der Waals surface area contributed by atoms with Gasteiger partial charge in [0.25, 0.3) is 0 Å². The lowest BCUT2D eigenvalue weighted by Gasteiger charge is -2.32. The van der Waals surface area contributed by atoms with Gasteiger partial charge in [-0.3, -0.25) is 0 Å². The van der Waals surface area contributed by atoms with Gasteiger partial charge in [-0.1, -0.05) is 143 Å². The number of hydrogen-bond donors (Lipinski definition) is 0. The number of hydrogen-bond acceptors (Lipinski definition) is 3. The zero-order chi connectivity index (χ0) is 35.3. The molecule has 0 bridgehead atoms. The van der Waals surface area contributed by atoms with E-state index >= 15 is 0 Å². The highest BCUT2D eigenvalue weighted by Crippen LogP contribution is 2.47. The van der Waals surface area contributed by atoms with Crippen LogP contribution in [0.25, 0.3) is 0 Å². The molecule has 0 aliphatic heterocycles. The van der Waals surface area contributed by atoms with E-state index in [9.17, 15) is 0 Å². The molecule has 0 heterocycles. The summed E-state index contributed by atoms with van der Waals surface area (Å²) in [7, 11) is -1.85. The van der Waals surface area contributed by atoms with Gasteiger partial charge in [-0.15, -0.1) is 0 Å². The molecule has 3 aromatic carbocycles. The summed E-state index contributed by atoms with van der Waals surface area (Å²) in [5.41, 5.74) is 7.62. The summed E-state index contributed by atoms with van der Waals surface area (Å²) in [6, 6.07) is 19.3. The summed E-state index contributed by atoms with van der Waals surface area (Å²) < 4.78 is 20.1. The van der Waals surface area contributed by atoms with Gasteiger partial charge in [-0.05, 0) is 102 Å². The van der Waals surface area contributed by atoms with Crippen molar-refractivity contribution in [2.75, 3.05) is 0 Å². The molecule has 254 valence electrons. The van der Waals surface area contributed by atoms with E-state index in [2.05, 4.69) is 179 Å². The standard InChI is InChI=1S/C42H63O3P/c1-37(2,3)31-22-19-28(25-34(31)40(10,11)12)43-46(44-29-20-23-32(38(4,5)6)35(26-29)41(13,14)15)45-30-21-24-33(39(7,8)9)36(27-30)42(16,17)18/h19-27H,1-18H3. The largest absolute Gasteiger partial charge is 0.530 e. The average Bonchev–Trinajstić information content (AvgIpc) is 2.85. The molecule has 0 saturated heterocycles. The van der Waals surface area contributed by atoms with E-state index in [-0.39, 0.29) is 32.5 Å². The molecule has 0 unspecified atom stereocenters. The van der Waals surface area contributed by atoms with Crippen molar-refractivity contribution in [1.82, 2.24) is 0 Å². The molecule has 0 aliphatic rings. The second-order valence-corrected chi connectivity index (χ2v) is 20.1. The molecule has 0 fully saturated rings. The van der Waals surface area contributed by atoms with Gasteiger partial charge in [0, 0.05) is 0 Å². The minimum absolute atomic E-state index is 0.00912. The molecule has 0 amide bonds. The quantitative estimate of drug-likeness (QED) is 0.249. The molecule has 0 aliphatic carbocycles. The second kappa shape index (κ2) is 12.8. The summed E-state index contributed by atoms with van der Waals surface area (Å²) in [5, 5.41) is 0. The van der Waals surface area contributed by atoms with Crippen LogP contribution in [0.5, 0.6) is 17.2 Å². The topological polar surface area (TPSA) is 27.7 Å². The minimum Gasteiger partial charge on any atom is -0.408 e. The predicted molar refractivity (Wildman–Crippen MR) is 200 cm³/mol. The molecule has 0 aromatic heterocycles. The van der Waals surface area contributed by atoms with Crippen LogP contribution in [0.2, 0.25) is 0 Å². The van der Waals surface area contributed by atoms with Crippen LogP contribution >= 0.6 is 8.60 Å². The Kier molecular flexibility index (Phi) is 10.6. The van der Waals surface area contributed by atoms with E-state index in [0.717, 1.165) is 17.2 Å². The van der Waals surface area contributed by atoms with Gasteiger partial charge in [-0.25, -0.2) is 0 Å². The first-order valence-corrected chi connectivity index (χ1v) is 18.0. The molecule has 4 heteroatoms. The smallest absolute Gasteiger partial charge is 0.408 e. The molecule has 0 N–H and O–H groups in total. The zero-order valence-electron chi connectivity index (χ0n) is 32.4. The summed E-state index contributed by atoms with van der Waals surface area (Å²) in [6.07, 6.45) is 0. The van der Waals surface area contributed by atoms with E-state index in [1.807, 2.05) is 0 Å². The molecular formula is C42H63O3P. The van der Waals surface area contributed by atoms with Crippen molar-refractivity contribution in [2.45, 2.75) is 157 Å². The Morgan fingerprint density at radius 1 is 0.304 bits per heavy atom. The molecule has 0 spiro atoms. The first-order valence-electron chi connectivity index (χ1n) is 16.9. The Hall–Kier alpha value is -2.51. The average molecular weight is 647 g/mol. The van der Waals surface area contributed by atoms with Crippen molar-refractivity contribution in [1.29, 1.82) is 0 Å². The highest BCUT2D eigenvalue weighted by atomic mass is 31.2. The number of benzene rings is 3. The molecule has 0 saturated carbocycles. The fraction of sp³-hybridized carbons (Fsp3) is 0.571. The van der Waals surface area contributed by atoms with E-state index < -0.39 is 8.60 Å². The summed E-state index contributed by atoms with van der Waals surface area (Å²) in [4.78, 5) is 0. The molecule has 46 heavy (non-hydrogen) atoms. The maximum absolute atomic E-state index is 6.69. The van der Waals surface area contributed by atoms with Crippen LogP contribution < -0.4 is 13.6 Å². The van der Waals surface area contributed by atoms with Crippen LogP contribution in [0.3, 0.4) is 0 Å². The molecule has 3 rings (SSSR count). The van der Waals surface area contributed by atoms with E-state index in [1.54, 1.807) is 0 Å². The molecule has 0 radical (unpaired) electrons. The lowest BCUT2D eigenvalue weighted by Crippen LogP contribution is -2.22. The lowest BCUT2D eigenvalue weighted by molar-refractivity contribution is 0.385. The van der Waals surface area contributed by atoms with Crippen molar-refractivity contribution in [3.63, 3.8) is 0 Å². The van der Waals surface area contributed by atoms with Crippen molar-refractivity contribution >= 4 is 8.60 Å². The second-order valence-electron chi connectivity index (χ2n) is 19.1. The van der Waals surface area contributed by atoms with E-state index in [0.29, 0.717) is 0 Å². The first kappa shape index (κ1) is 37.9. The van der Waals surface area contributed by atoms with E-state index in [4.69, 9.17) is 13.6 Å². The molecular weight excluding hydrogens is 583 g/mol. The monoisotopic (exact) mass is 646 g/mol. The van der Waals surface area contributed by atoms with E-state index in [1.165, 1.54) is 33.4 Å². The van der Waals surface area contributed by atoms with Gasteiger partial charge in [0.1, 0.15) is 17.2 Å². The third-order valence-corrected chi connectivity index (χ3v) is 9.44. The third kappa shape index (κ3) is 9.53. The fourth-order valence-corrected chi connectivity index (χ4v) is 6.85. The van der Waals surface area contributed by atoms with Gasteiger partial charge in [0.15, 0.2) is 0 Å². The van der Waals surface area contributed by atoms with Crippen molar-refractivity contribution < 1.29 is 13.6 Å². The van der Waals surface area contributed by atoms with Gasteiger partial charge in [-0.2, -0.15) is 0 Å². The third-order valence-electron chi connectivity index (χ3n) is 8.36. The Bertz CT molecular complexity index is 1320. The SMILES string of the molecule is CC(C)(C)c1ccc(OP(Oc2ccc(C(C)(C)C)c(C(C)(C)C)c2)Oc2ccc(C(C)(C)C)c(C(C)(C)C)c2)cc1C(C)(C)C. The molecule has 3 nitrogen and oxygen atoms in total. The van der Waals surface area contributed by atoms with Crippen molar-refractivity contribution in [3.8, 4) is 17.2 Å². The van der Waals surface area contributed by atoms with Crippen LogP contribution in [0.4, 0.5) is 0 Å². The Morgan fingerprint density at radius 3 is 0.674 bits per heavy atom. The predicted octanol–water partition coefficient (Wildman–Crippen LogP) is 13.2. The maximum atomic E-state index is 6.69. The summed E-state index contributed by atoms with van der Waals surface area (Å²) in [6.45, 7) is 40.7. The zero-order valence-corrected chi connectivity index (χ0v) is 33.3. The Morgan fingerprint density at radius 2 is 0.500 bits per heavy atom. The summed E-state index contributed by atoms with van der Waals surface area (Å²) >= 11 is 0. The minimum atomic E-state index is -1.85. The van der Waals surface area contributed by atoms with Gasteiger partial charge < -0.3 is 13.6 Å². The highest BCUT2D eigenvalue weighted by molar-refractivity contribution is 7.43. The van der Waals surface area contributed by atoms with Crippen LogP contribution in [0.15, 0.2) is 54.6 Å².